The number of nitrogens with zero attached hydrogens (tertiary/aromatic N) is 3. The Bertz CT molecular complexity index is 1160. The monoisotopic (exact) mass is 432 g/mol. The molecule has 0 unspecified atom stereocenters. The second kappa shape index (κ2) is 9.63. The van der Waals surface area contributed by atoms with Crippen LogP contribution in [0.1, 0.15) is 22.8 Å². The van der Waals surface area contributed by atoms with Gasteiger partial charge in [0.25, 0.3) is 5.91 Å². The van der Waals surface area contributed by atoms with Crippen LogP contribution < -0.4 is 16.4 Å². The highest BCUT2D eigenvalue weighted by molar-refractivity contribution is 7.18. The number of carbonyl (C=O) groups is 1. The van der Waals surface area contributed by atoms with E-state index >= 15 is 0 Å². The Kier molecular flexibility index (Phi) is 6.49. The summed E-state index contributed by atoms with van der Waals surface area (Å²) < 4.78 is 0.839. The number of aromatic nitrogens is 3. The van der Waals surface area contributed by atoms with Crippen molar-refractivity contribution in [2.75, 3.05) is 18.4 Å². The molecule has 0 aliphatic carbocycles. The third kappa shape index (κ3) is 4.87. The summed E-state index contributed by atoms with van der Waals surface area (Å²) in [5.74, 6) is 1.08. The molecule has 0 saturated heterocycles. The Morgan fingerprint density at radius 2 is 1.90 bits per heavy atom. The lowest BCUT2D eigenvalue weighted by Gasteiger charge is -2.14. The maximum absolute atomic E-state index is 12.5. The molecule has 3 heterocycles. The molecule has 31 heavy (non-hydrogen) atoms. The highest BCUT2D eigenvalue weighted by atomic mass is 32.1. The number of amides is 1. The predicted molar refractivity (Wildman–Crippen MR) is 125 cm³/mol. The van der Waals surface area contributed by atoms with Crippen LogP contribution in [0.5, 0.6) is 0 Å². The van der Waals surface area contributed by atoms with E-state index in [9.17, 15) is 4.79 Å². The van der Waals surface area contributed by atoms with Crippen LogP contribution in [0.3, 0.4) is 0 Å². The van der Waals surface area contributed by atoms with Gasteiger partial charge in [-0.2, -0.15) is 0 Å². The molecule has 0 bridgehead atoms. The number of rotatable bonds is 8. The first-order valence-electron chi connectivity index (χ1n) is 10.2. The molecule has 3 aromatic heterocycles. The molecule has 0 aliphatic heterocycles. The van der Waals surface area contributed by atoms with E-state index in [0.29, 0.717) is 35.8 Å². The van der Waals surface area contributed by atoms with Crippen molar-refractivity contribution in [3.05, 3.63) is 71.4 Å². The third-order valence-corrected chi connectivity index (χ3v) is 5.78. The summed E-state index contributed by atoms with van der Waals surface area (Å²) in [5, 5.41) is 8.07. The molecule has 0 radical (unpaired) electrons. The van der Waals surface area contributed by atoms with E-state index in [4.69, 9.17) is 15.7 Å². The lowest BCUT2D eigenvalue weighted by Crippen LogP contribution is -2.31. The summed E-state index contributed by atoms with van der Waals surface area (Å²) in [6, 6.07) is 13.8. The summed E-state index contributed by atoms with van der Waals surface area (Å²) in [5.41, 5.74) is 9.58. The molecule has 0 saturated carbocycles. The summed E-state index contributed by atoms with van der Waals surface area (Å²) in [6.07, 6.45) is 4.15. The van der Waals surface area contributed by atoms with Crippen LogP contribution in [0, 0.1) is 0 Å². The van der Waals surface area contributed by atoms with Gasteiger partial charge in [0.2, 0.25) is 0 Å². The van der Waals surface area contributed by atoms with Crippen molar-refractivity contribution in [1.29, 1.82) is 0 Å². The van der Waals surface area contributed by atoms with Gasteiger partial charge in [0.05, 0.1) is 10.3 Å². The van der Waals surface area contributed by atoms with E-state index in [1.54, 1.807) is 12.4 Å². The molecule has 1 amide bonds. The predicted octanol–water partition coefficient (Wildman–Crippen LogP) is 3.48. The Balaban J connectivity index is 1.65. The molecule has 1 atom stereocenters. The van der Waals surface area contributed by atoms with Gasteiger partial charge in [-0.15, -0.1) is 11.3 Å². The van der Waals surface area contributed by atoms with Gasteiger partial charge in [0.1, 0.15) is 11.3 Å². The van der Waals surface area contributed by atoms with Crippen molar-refractivity contribution in [2.24, 2.45) is 5.73 Å². The number of hydrogen-bond acceptors (Lipinski definition) is 7. The molecule has 0 spiro atoms. The van der Waals surface area contributed by atoms with E-state index < -0.39 is 0 Å². The summed E-state index contributed by atoms with van der Waals surface area (Å²) >= 11 is 1.45. The van der Waals surface area contributed by atoms with Crippen molar-refractivity contribution in [1.82, 2.24) is 20.3 Å². The van der Waals surface area contributed by atoms with Crippen LogP contribution >= 0.6 is 11.3 Å². The standard InChI is InChI=1S/C23H24N6OS/c1-2-26-23(30)18-14-31-20-19(18)28-21(16-8-10-25-11-9-16)29-22(20)27-13-17(24)12-15-6-4-3-5-7-15/h3-11,14,17H,2,12-13,24H2,1H3,(H,26,30)(H,27,28,29)/t17-/m0/s1. The number of fused-ring (bicyclic) bond motifs is 1. The van der Waals surface area contributed by atoms with Gasteiger partial charge in [-0.3, -0.25) is 9.78 Å². The minimum atomic E-state index is -0.139. The van der Waals surface area contributed by atoms with E-state index in [1.807, 2.05) is 42.6 Å². The summed E-state index contributed by atoms with van der Waals surface area (Å²) in [7, 11) is 0. The summed E-state index contributed by atoms with van der Waals surface area (Å²) in [6.45, 7) is 2.99. The number of carbonyl (C=O) groups excluding carboxylic acids is 1. The first-order valence-corrected chi connectivity index (χ1v) is 11.0. The van der Waals surface area contributed by atoms with Gasteiger partial charge in [-0.25, -0.2) is 9.97 Å². The van der Waals surface area contributed by atoms with Crippen molar-refractivity contribution in [3.63, 3.8) is 0 Å². The number of hydrogen-bond donors (Lipinski definition) is 3. The van der Waals surface area contributed by atoms with Crippen LogP contribution in [0.2, 0.25) is 0 Å². The Morgan fingerprint density at radius 1 is 1.13 bits per heavy atom. The number of thiophene rings is 1. The van der Waals surface area contributed by atoms with Crippen LogP contribution in [-0.2, 0) is 6.42 Å². The molecule has 4 N–H and O–H groups in total. The number of nitrogens with one attached hydrogen (secondary N) is 2. The normalized spacial score (nSPS) is 11.9. The average Bonchev–Trinajstić information content (AvgIpc) is 3.23. The van der Waals surface area contributed by atoms with E-state index in [-0.39, 0.29) is 11.9 Å². The fourth-order valence-electron chi connectivity index (χ4n) is 3.30. The molecule has 4 rings (SSSR count). The molecule has 4 aromatic rings. The number of benzene rings is 1. The molecular weight excluding hydrogens is 408 g/mol. The molecule has 0 fully saturated rings. The fourth-order valence-corrected chi connectivity index (χ4v) is 4.25. The van der Waals surface area contributed by atoms with E-state index in [1.165, 1.54) is 16.9 Å². The van der Waals surface area contributed by atoms with Crippen molar-refractivity contribution < 1.29 is 4.79 Å². The van der Waals surface area contributed by atoms with Gasteiger partial charge >= 0.3 is 0 Å². The smallest absolute Gasteiger partial charge is 0.254 e. The summed E-state index contributed by atoms with van der Waals surface area (Å²) in [4.78, 5) is 26.0. The van der Waals surface area contributed by atoms with Crippen LogP contribution in [0.25, 0.3) is 21.6 Å². The molecule has 1 aromatic carbocycles. The molecular formula is C23H24N6OS. The van der Waals surface area contributed by atoms with E-state index in [2.05, 4.69) is 27.8 Å². The molecule has 8 heteroatoms. The van der Waals surface area contributed by atoms with Gasteiger partial charge in [-0.05, 0) is 31.0 Å². The van der Waals surface area contributed by atoms with Gasteiger partial charge in [0, 0.05) is 42.5 Å². The van der Waals surface area contributed by atoms with Crippen molar-refractivity contribution in [2.45, 2.75) is 19.4 Å². The second-order valence-electron chi connectivity index (χ2n) is 7.15. The van der Waals surface area contributed by atoms with Crippen LogP contribution in [0.15, 0.2) is 60.2 Å². The molecule has 158 valence electrons. The van der Waals surface area contributed by atoms with Crippen molar-refractivity contribution >= 4 is 33.3 Å². The lowest BCUT2D eigenvalue weighted by molar-refractivity contribution is 0.0957. The lowest BCUT2D eigenvalue weighted by atomic mass is 10.1. The minimum absolute atomic E-state index is 0.0837. The van der Waals surface area contributed by atoms with Gasteiger partial charge in [0.15, 0.2) is 5.82 Å². The number of pyridine rings is 1. The van der Waals surface area contributed by atoms with Crippen LogP contribution in [0.4, 0.5) is 5.82 Å². The highest BCUT2D eigenvalue weighted by Gasteiger charge is 2.19. The van der Waals surface area contributed by atoms with Crippen molar-refractivity contribution in [3.8, 4) is 11.4 Å². The zero-order valence-electron chi connectivity index (χ0n) is 17.2. The van der Waals surface area contributed by atoms with Gasteiger partial charge in [-0.1, -0.05) is 30.3 Å². The number of anilines is 1. The zero-order chi connectivity index (χ0) is 21.6. The minimum Gasteiger partial charge on any atom is -0.367 e. The quantitative estimate of drug-likeness (QED) is 0.394. The fraction of sp³-hybridized carbons (Fsp3) is 0.217. The maximum Gasteiger partial charge on any atom is 0.254 e. The maximum atomic E-state index is 12.5. The third-order valence-electron chi connectivity index (χ3n) is 4.81. The largest absolute Gasteiger partial charge is 0.367 e. The van der Waals surface area contributed by atoms with Crippen LogP contribution in [-0.4, -0.2) is 40.0 Å². The first kappa shape index (κ1) is 20.9. The van der Waals surface area contributed by atoms with E-state index in [0.717, 1.165) is 16.7 Å². The number of nitrogens with two attached hydrogens (primary N) is 1. The first-order chi connectivity index (χ1) is 15.2. The topological polar surface area (TPSA) is 106 Å². The zero-order valence-corrected chi connectivity index (χ0v) is 18.0. The SMILES string of the molecule is CCNC(=O)c1csc2c(NC[C@@H](N)Cc3ccccc3)nc(-c3ccncc3)nc12. The second-order valence-corrected chi connectivity index (χ2v) is 8.03. The Morgan fingerprint density at radius 3 is 2.65 bits per heavy atom. The Labute approximate surface area is 184 Å². The molecule has 0 aliphatic rings. The average molecular weight is 433 g/mol. The molecule has 7 nitrogen and oxygen atoms in total. The highest BCUT2D eigenvalue weighted by Crippen LogP contribution is 2.32. The van der Waals surface area contributed by atoms with Gasteiger partial charge < -0.3 is 16.4 Å². The Hall–Kier alpha value is -3.36.